The molecular weight excluding hydrogens is 314 g/mol. The first-order valence-electron chi connectivity index (χ1n) is 8.46. The number of piperidine rings is 1. The highest BCUT2D eigenvalue weighted by atomic mass is 35.5. The number of carbonyl (C=O) groups is 1. The fourth-order valence-corrected chi connectivity index (χ4v) is 3.76. The van der Waals surface area contributed by atoms with Gasteiger partial charge in [0.05, 0.1) is 12.1 Å². The van der Waals surface area contributed by atoms with Crippen LogP contribution in [0.25, 0.3) is 0 Å². The third-order valence-corrected chi connectivity index (χ3v) is 5.02. The van der Waals surface area contributed by atoms with Crippen molar-refractivity contribution in [2.45, 2.75) is 50.9 Å². The van der Waals surface area contributed by atoms with Gasteiger partial charge in [-0.25, -0.2) is 0 Å². The minimum absolute atomic E-state index is 0.0446. The zero-order valence-electron chi connectivity index (χ0n) is 13.5. The van der Waals surface area contributed by atoms with Crippen LogP contribution in [0.1, 0.15) is 31.7 Å². The Morgan fingerprint density at radius 3 is 2.87 bits per heavy atom. The highest BCUT2D eigenvalue weighted by Gasteiger charge is 2.44. The molecule has 2 aliphatic rings. The summed E-state index contributed by atoms with van der Waals surface area (Å²) in [5.74, 6) is 0.218. The molecule has 126 valence electrons. The average molecular weight is 338 g/mol. The zero-order chi connectivity index (χ0) is 16.2. The number of benzene rings is 1. The Balaban J connectivity index is 1.58. The molecule has 2 saturated heterocycles. The first-order chi connectivity index (χ1) is 11.2. The molecule has 4 nitrogen and oxygen atoms in total. The standard InChI is InChI=1S/C18H24ClNO3/c1-2-22-16-9-11-20(15-10-12-23-18(15)16)17(21)8-5-13-3-6-14(19)7-4-13/h3-4,6-7,15-16,18H,2,5,8-12H2,1H3/t15-,16+,18-/m0/s1. The summed E-state index contributed by atoms with van der Waals surface area (Å²) >= 11 is 5.90. The molecule has 5 heteroatoms. The van der Waals surface area contributed by atoms with E-state index >= 15 is 0 Å². The highest BCUT2D eigenvalue weighted by Crippen LogP contribution is 2.31. The second kappa shape index (κ2) is 7.65. The van der Waals surface area contributed by atoms with Crippen LogP contribution in [0, 0.1) is 0 Å². The van der Waals surface area contributed by atoms with Gasteiger partial charge in [-0.15, -0.1) is 0 Å². The van der Waals surface area contributed by atoms with Crippen molar-refractivity contribution in [2.75, 3.05) is 19.8 Å². The zero-order valence-corrected chi connectivity index (χ0v) is 14.3. The number of carbonyl (C=O) groups excluding carboxylic acids is 1. The summed E-state index contributed by atoms with van der Waals surface area (Å²) in [5, 5.41) is 0.726. The summed E-state index contributed by atoms with van der Waals surface area (Å²) in [6.45, 7) is 4.20. The molecule has 2 fully saturated rings. The molecule has 0 bridgehead atoms. The van der Waals surface area contributed by atoms with Crippen LogP contribution in [0.5, 0.6) is 0 Å². The fourth-order valence-electron chi connectivity index (χ4n) is 3.63. The Labute approximate surface area is 142 Å². The third-order valence-electron chi connectivity index (χ3n) is 4.77. The van der Waals surface area contributed by atoms with Crippen LogP contribution in [0.4, 0.5) is 0 Å². The topological polar surface area (TPSA) is 38.8 Å². The van der Waals surface area contributed by atoms with E-state index in [9.17, 15) is 4.79 Å². The number of hydrogen-bond donors (Lipinski definition) is 0. The van der Waals surface area contributed by atoms with Crippen molar-refractivity contribution in [1.82, 2.24) is 4.90 Å². The second-order valence-electron chi connectivity index (χ2n) is 6.19. The lowest BCUT2D eigenvalue weighted by molar-refractivity contribution is -0.144. The Hall–Kier alpha value is -1.10. The molecule has 3 atom stereocenters. The minimum Gasteiger partial charge on any atom is -0.376 e. The maximum absolute atomic E-state index is 12.6. The van der Waals surface area contributed by atoms with E-state index in [2.05, 4.69) is 0 Å². The van der Waals surface area contributed by atoms with Gasteiger partial charge < -0.3 is 14.4 Å². The molecule has 1 aromatic carbocycles. The average Bonchev–Trinajstić information content (AvgIpc) is 3.04. The largest absolute Gasteiger partial charge is 0.376 e. The van der Waals surface area contributed by atoms with E-state index in [0.717, 1.165) is 43.0 Å². The molecule has 23 heavy (non-hydrogen) atoms. The number of nitrogens with zero attached hydrogens (tertiary/aromatic N) is 1. The third kappa shape index (κ3) is 3.87. The van der Waals surface area contributed by atoms with E-state index in [1.54, 1.807) is 0 Å². The summed E-state index contributed by atoms with van der Waals surface area (Å²) in [7, 11) is 0. The van der Waals surface area contributed by atoms with Crippen molar-refractivity contribution >= 4 is 17.5 Å². The number of likely N-dealkylation sites (tertiary alicyclic amines) is 1. The van der Waals surface area contributed by atoms with E-state index in [4.69, 9.17) is 21.1 Å². The van der Waals surface area contributed by atoms with Gasteiger partial charge in [-0.05, 0) is 43.9 Å². The molecule has 0 aromatic heterocycles. The fraction of sp³-hybridized carbons (Fsp3) is 0.611. The summed E-state index contributed by atoms with van der Waals surface area (Å²) in [6, 6.07) is 7.89. The maximum atomic E-state index is 12.6. The van der Waals surface area contributed by atoms with E-state index in [0.29, 0.717) is 13.0 Å². The van der Waals surface area contributed by atoms with Crippen LogP contribution in [-0.4, -0.2) is 48.8 Å². The van der Waals surface area contributed by atoms with Crippen LogP contribution in [0.3, 0.4) is 0 Å². The predicted octanol–water partition coefficient (Wildman–Crippen LogP) is 3.07. The highest BCUT2D eigenvalue weighted by molar-refractivity contribution is 6.30. The molecule has 0 N–H and O–H groups in total. The minimum atomic E-state index is 0.0446. The van der Waals surface area contributed by atoms with Gasteiger partial charge in [0, 0.05) is 31.2 Å². The molecule has 0 saturated carbocycles. The van der Waals surface area contributed by atoms with Crippen LogP contribution in [-0.2, 0) is 20.7 Å². The molecular formula is C18H24ClNO3. The van der Waals surface area contributed by atoms with Crippen molar-refractivity contribution in [3.8, 4) is 0 Å². The molecule has 2 heterocycles. The van der Waals surface area contributed by atoms with Gasteiger partial charge in [0.15, 0.2) is 0 Å². The molecule has 0 unspecified atom stereocenters. The number of aryl methyl sites for hydroxylation is 1. The number of rotatable bonds is 5. The van der Waals surface area contributed by atoms with Crippen LogP contribution < -0.4 is 0 Å². The Kier molecular flexibility index (Phi) is 5.57. The van der Waals surface area contributed by atoms with Gasteiger partial charge >= 0.3 is 0 Å². The molecule has 1 aromatic rings. The van der Waals surface area contributed by atoms with Gasteiger partial charge in [0.25, 0.3) is 0 Å². The molecule has 0 spiro atoms. The second-order valence-corrected chi connectivity index (χ2v) is 6.62. The lowest BCUT2D eigenvalue weighted by Gasteiger charge is -2.41. The van der Waals surface area contributed by atoms with Crippen molar-refractivity contribution in [3.05, 3.63) is 34.9 Å². The Bertz CT molecular complexity index is 534. The number of amides is 1. The summed E-state index contributed by atoms with van der Waals surface area (Å²) < 4.78 is 11.6. The van der Waals surface area contributed by atoms with Crippen molar-refractivity contribution in [2.24, 2.45) is 0 Å². The predicted molar refractivity (Wildman–Crippen MR) is 89.7 cm³/mol. The van der Waals surface area contributed by atoms with E-state index in [-0.39, 0.29) is 24.2 Å². The molecule has 3 rings (SSSR count). The quantitative estimate of drug-likeness (QED) is 0.829. The Morgan fingerprint density at radius 1 is 1.35 bits per heavy atom. The smallest absolute Gasteiger partial charge is 0.223 e. The van der Waals surface area contributed by atoms with Crippen molar-refractivity contribution in [3.63, 3.8) is 0 Å². The first-order valence-corrected chi connectivity index (χ1v) is 8.84. The monoisotopic (exact) mass is 337 g/mol. The van der Waals surface area contributed by atoms with Gasteiger partial charge in [0.1, 0.15) is 6.10 Å². The number of halogens is 1. The van der Waals surface area contributed by atoms with Crippen molar-refractivity contribution in [1.29, 1.82) is 0 Å². The summed E-state index contributed by atoms with van der Waals surface area (Å²) in [4.78, 5) is 14.7. The first kappa shape index (κ1) is 16.7. The summed E-state index contributed by atoms with van der Waals surface area (Å²) in [6.07, 6.45) is 3.24. The van der Waals surface area contributed by atoms with E-state index in [1.165, 1.54) is 0 Å². The van der Waals surface area contributed by atoms with Gasteiger partial charge in [-0.1, -0.05) is 23.7 Å². The molecule has 1 amide bonds. The number of hydrogen-bond acceptors (Lipinski definition) is 3. The maximum Gasteiger partial charge on any atom is 0.223 e. The van der Waals surface area contributed by atoms with Crippen molar-refractivity contribution < 1.29 is 14.3 Å². The van der Waals surface area contributed by atoms with E-state index < -0.39 is 0 Å². The van der Waals surface area contributed by atoms with Gasteiger partial charge in [-0.3, -0.25) is 4.79 Å². The molecule has 0 aliphatic carbocycles. The molecule has 2 aliphatic heterocycles. The van der Waals surface area contributed by atoms with E-state index in [1.807, 2.05) is 36.1 Å². The SMILES string of the molecule is CCO[C@@H]1CCN(C(=O)CCc2ccc(Cl)cc2)[C@H]2CCO[C@H]12. The normalized spacial score (nSPS) is 27.0. The van der Waals surface area contributed by atoms with Crippen LogP contribution >= 0.6 is 11.6 Å². The number of ether oxygens (including phenoxy) is 2. The molecule has 0 radical (unpaired) electrons. The van der Waals surface area contributed by atoms with Gasteiger partial charge in [-0.2, -0.15) is 0 Å². The van der Waals surface area contributed by atoms with Gasteiger partial charge in [0.2, 0.25) is 5.91 Å². The summed E-state index contributed by atoms with van der Waals surface area (Å²) in [5.41, 5.74) is 1.14. The number of fused-ring (bicyclic) bond motifs is 1. The lowest BCUT2D eigenvalue weighted by Crippen LogP contribution is -2.55. The Morgan fingerprint density at radius 2 is 2.13 bits per heavy atom. The lowest BCUT2D eigenvalue weighted by atomic mass is 9.95. The van der Waals surface area contributed by atoms with Crippen LogP contribution in [0.15, 0.2) is 24.3 Å². The van der Waals surface area contributed by atoms with Crippen LogP contribution in [0.2, 0.25) is 5.02 Å².